The average molecular weight is 219 g/mol. The lowest BCUT2D eigenvalue weighted by Gasteiger charge is -2.36. The van der Waals surface area contributed by atoms with Crippen molar-refractivity contribution >= 4 is 12.4 Å². The third-order valence-corrected chi connectivity index (χ3v) is 2.66. The van der Waals surface area contributed by atoms with E-state index in [9.17, 15) is 9.59 Å². The van der Waals surface area contributed by atoms with Crippen molar-refractivity contribution in [1.82, 2.24) is 4.90 Å². The first-order valence-electron chi connectivity index (χ1n) is 5.24. The number of hydrogen-bond acceptors (Lipinski definition) is 3. The Bertz CT molecular complexity index is 377. The number of ether oxygens (including phenoxy) is 1. The zero-order valence-electron chi connectivity index (χ0n) is 8.83. The van der Waals surface area contributed by atoms with Crippen LogP contribution in [0, 0.1) is 0 Å². The number of likely N-dealkylation sites (tertiary alicyclic amines) is 1. The smallest absolute Gasteiger partial charge is 0.410 e. The van der Waals surface area contributed by atoms with Gasteiger partial charge in [0, 0.05) is 6.54 Å². The molecule has 1 saturated heterocycles. The van der Waals surface area contributed by atoms with E-state index in [0.29, 0.717) is 6.54 Å². The molecule has 0 aliphatic carbocycles. The van der Waals surface area contributed by atoms with Crippen LogP contribution >= 0.6 is 0 Å². The van der Waals surface area contributed by atoms with Gasteiger partial charge in [0.1, 0.15) is 12.9 Å². The number of aldehydes is 1. The van der Waals surface area contributed by atoms with Crippen LogP contribution in [-0.2, 0) is 16.1 Å². The van der Waals surface area contributed by atoms with Crippen LogP contribution in [0.3, 0.4) is 0 Å². The number of carbonyl (C=O) groups excluding carboxylic acids is 2. The summed E-state index contributed by atoms with van der Waals surface area (Å²) in [5.74, 6) is 0. The fourth-order valence-corrected chi connectivity index (χ4v) is 1.58. The van der Waals surface area contributed by atoms with E-state index >= 15 is 0 Å². The average Bonchev–Trinajstić information content (AvgIpc) is 2.27. The minimum absolute atomic E-state index is 0.252. The van der Waals surface area contributed by atoms with Crippen molar-refractivity contribution in [3.63, 3.8) is 0 Å². The predicted octanol–water partition coefficient (Wildman–Crippen LogP) is 1.60. The van der Waals surface area contributed by atoms with Gasteiger partial charge < -0.3 is 9.53 Å². The van der Waals surface area contributed by atoms with Crippen LogP contribution in [0.5, 0.6) is 0 Å². The number of rotatable bonds is 3. The van der Waals surface area contributed by atoms with Crippen LogP contribution in [-0.4, -0.2) is 29.9 Å². The Balaban J connectivity index is 1.82. The predicted molar refractivity (Wildman–Crippen MR) is 57.8 cm³/mol. The zero-order chi connectivity index (χ0) is 11.4. The molecule has 1 unspecified atom stereocenters. The fourth-order valence-electron chi connectivity index (χ4n) is 1.58. The van der Waals surface area contributed by atoms with Gasteiger partial charge in [-0.05, 0) is 12.0 Å². The zero-order valence-corrected chi connectivity index (χ0v) is 8.83. The Morgan fingerprint density at radius 2 is 2.19 bits per heavy atom. The number of nitrogens with zero attached hydrogens (tertiary/aromatic N) is 1. The summed E-state index contributed by atoms with van der Waals surface area (Å²) in [6, 6.07) is 9.18. The molecule has 0 radical (unpaired) electrons. The molecule has 4 nitrogen and oxygen atoms in total. The number of amides is 1. The Morgan fingerprint density at radius 1 is 1.44 bits per heavy atom. The van der Waals surface area contributed by atoms with Gasteiger partial charge in [0.05, 0.1) is 6.04 Å². The first-order valence-corrected chi connectivity index (χ1v) is 5.24. The second-order valence-electron chi connectivity index (χ2n) is 3.73. The van der Waals surface area contributed by atoms with Crippen molar-refractivity contribution in [3.8, 4) is 0 Å². The second-order valence-corrected chi connectivity index (χ2v) is 3.73. The summed E-state index contributed by atoms with van der Waals surface area (Å²) in [6.07, 6.45) is 1.12. The molecule has 1 aromatic rings. The molecule has 84 valence electrons. The summed E-state index contributed by atoms with van der Waals surface area (Å²) in [7, 11) is 0. The highest BCUT2D eigenvalue weighted by atomic mass is 16.6. The molecule has 1 aromatic carbocycles. The molecule has 0 aromatic heterocycles. The lowest BCUT2D eigenvalue weighted by atomic mass is 10.1. The number of carbonyl (C=O) groups is 2. The third kappa shape index (κ3) is 2.21. The summed E-state index contributed by atoms with van der Waals surface area (Å²) < 4.78 is 5.09. The summed E-state index contributed by atoms with van der Waals surface area (Å²) in [6.45, 7) is 0.860. The summed E-state index contributed by atoms with van der Waals surface area (Å²) in [4.78, 5) is 23.5. The van der Waals surface area contributed by atoms with Crippen LogP contribution in [0.25, 0.3) is 0 Å². The van der Waals surface area contributed by atoms with E-state index in [1.165, 1.54) is 4.90 Å². The third-order valence-electron chi connectivity index (χ3n) is 2.66. The highest BCUT2D eigenvalue weighted by Gasteiger charge is 2.32. The molecule has 1 heterocycles. The van der Waals surface area contributed by atoms with Gasteiger partial charge in [0.2, 0.25) is 0 Å². The summed E-state index contributed by atoms with van der Waals surface area (Å²) in [5.41, 5.74) is 0.944. The maximum absolute atomic E-state index is 11.5. The first kappa shape index (κ1) is 10.7. The Hall–Kier alpha value is -1.84. The SMILES string of the molecule is O=CC1CCN1C(=O)OCc1ccccc1. The van der Waals surface area contributed by atoms with Crippen molar-refractivity contribution in [2.75, 3.05) is 6.54 Å². The van der Waals surface area contributed by atoms with Crippen molar-refractivity contribution in [2.45, 2.75) is 19.1 Å². The molecular formula is C12H13NO3. The molecular weight excluding hydrogens is 206 g/mol. The lowest BCUT2D eigenvalue weighted by molar-refractivity contribution is -0.115. The molecule has 1 aliphatic rings. The van der Waals surface area contributed by atoms with Crippen LogP contribution in [0.4, 0.5) is 4.79 Å². The van der Waals surface area contributed by atoms with Gasteiger partial charge >= 0.3 is 6.09 Å². The second kappa shape index (κ2) is 4.79. The highest BCUT2D eigenvalue weighted by molar-refractivity contribution is 5.75. The Morgan fingerprint density at radius 3 is 2.75 bits per heavy atom. The Labute approximate surface area is 93.8 Å². The topological polar surface area (TPSA) is 46.6 Å². The molecule has 0 saturated carbocycles. The van der Waals surface area contributed by atoms with Crippen molar-refractivity contribution in [2.24, 2.45) is 0 Å². The molecule has 1 aliphatic heterocycles. The Kier molecular flexibility index (Phi) is 3.19. The largest absolute Gasteiger partial charge is 0.445 e. The molecule has 0 N–H and O–H groups in total. The molecule has 2 rings (SSSR count). The normalized spacial score (nSPS) is 18.8. The monoisotopic (exact) mass is 219 g/mol. The summed E-state index contributed by atoms with van der Waals surface area (Å²) in [5, 5.41) is 0. The number of benzene rings is 1. The molecule has 1 atom stereocenters. The molecule has 0 bridgehead atoms. The molecule has 1 fully saturated rings. The maximum Gasteiger partial charge on any atom is 0.410 e. The van der Waals surface area contributed by atoms with E-state index in [-0.39, 0.29) is 12.6 Å². The van der Waals surface area contributed by atoms with Crippen molar-refractivity contribution in [3.05, 3.63) is 35.9 Å². The number of hydrogen-bond donors (Lipinski definition) is 0. The van der Waals surface area contributed by atoms with Crippen molar-refractivity contribution < 1.29 is 14.3 Å². The molecule has 1 amide bonds. The standard InChI is InChI=1S/C12H13NO3/c14-8-11-6-7-13(11)12(15)16-9-10-4-2-1-3-5-10/h1-5,8,11H,6-7,9H2. The van der Waals surface area contributed by atoms with E-state index in [4.69, 9.17) is 4.74 Å². The minimum atomic E-state index is -0.410. The van der Waals surface area contributed by atoms with Crippen LogP contribution in [0.1, 0.15) is 12.0 Å². The lowest BCUT2D eigenvalue weighted by Crippen LogP contribution is -2.52. The highest BCUT2D eigenvalue weighted by Crippen LogP contribution is 2.16. The van der Waals surface area contributed by atoms with Gasteiger partial charge in [-0.25, -0.2) is 4.79 Å². The van der Waals surface area contributed by atoms with Gasteiger partial charge in [-0.2, -0.15) is 0 Å². The van der Waals surface area contributed by atoms with Gasteiger partial charge in [-0.3, -0.25) is 4.90 Å². The van der Waals surface area contributed by atoms with Crippen LogP contribution in [0.15, 0.2) is 30.3 Å². The summed E-state index contributed by atoms with van der Waals surface area (Å²) >= 11 is 0. The van der Waals surface area contributed by atoms with Gasteiger partial charge in [0.25, 0.3) is 0 Å². The fraction of sp³-hybridized carbons (Fsp3) is 0.333. The van der Waals surface area contributed by atoms with Gasteiger partial charge in [-0.15, -0.1) is 0 Å². The molecule has 4 heteroatoms. The molecule has 16 heavy (non-hydrogen) atoms. The van der Waals surface area contributed by atoms with E-state index in [0.717, 1.165) is 18.3 Å². The van der Waals surface area contributed by atoms with Crippen molar-refractivity contribution in [1.29, 1.82) is 0 Å². The first-order chi connectivity index (χ1) is 7.81. The van der Waals surface area contributed by atoms with E-state index in [2.05, 4.69) is 0 Å². The van der Waals surface area contributed by atoms with Crippen LogP contribution < -0.4 is 0 Å². The molecule has 0 spiro atoms. The minimum Gasteiger partial charge on any atom is -0.445 e. The van der Waals surface area contributed by atoms with Crippen LogP contribution in [0.2, 0.25) is 0 Å². The van der Waals surface area contributed by atoms with E-state index < -0.39 is 6.09 Å². The van der Waals surface area contributed by atoms with E-state index in [1.54, 1.807) is 0 Å². The quantitative estimate of drug-likeness (QED) is 0.725. The van der Waals surface area contributed by atoms with Gasteiger partial charge in [-0.1, -0.05) is 30.3 Å². The van der Waals surface area contributed by atoms with Gasteiger partial charge in [0.15, 0.2) is 0 Å². The maximum atomic E-state index is 11.5. The van der Waals surface area contributed by atoms with E-state index in [1.807, 2.05) is 30.3 Å².